The van der Waals surface area contributed by atoms with Crippen LogP contribution in [0.1, 0.15) is 35.4 Å². The summed E-state index contributed by atoms with van der Waals surface area (Å²) in [4.78, 5) is 52.2. The van der Waals surface area contributed by atoms with E-state index in [1.807, 2.05) is 0 Å². The van der Waals surface area contributed by atoms with Gasteiger partial charge >= 0.3 is 12.4 Å². The molecule has 48 heavy (non-hydrogen) atoms. The van der Waals surface area contributed by atoms with E-state index in [-0.39, 0.29) is 18.2 Å². The highest BCUT2D eigenvalue weighted by molar-refractivity contribution is 6.53. The second-order valence-corrected chi connectivity index (χ2v) is 13.7. The van der Waals surface area contributed by atoms with Crippen LogP contribution in [0, 0.1) is 17.8 Å². The third-order valence-corrected chi connectivity index (χ3v) is 11.5. The van der Waals surface area contributed by atoms with Gasteiger partial charge in [0, 0.05) is 18.4 Å². The quantitative estimate of drug-likeness (QED) is 0.137. The number of hydrogen-bond donors (Lipinski definition) is 1. The van der Waals surface area contributed by atoms with Gasteiger partial charge in [-0.1, -0.05) is 42.0 Å². The fraction of sp³-hybridized carbons (Fsp3) is 0.333. The molecule has 6 atom stereocenters. The van der Waals surface area contributed by atoms with Crippen molar-refractivity contribution in [1.29, 1.82) is 0 Å². The molecule has 1 saturated carbocycles. The van der Waals surface area contributed by atoms with Crippen molar-refractivity contribution in [2.24, 2.45) is 17.8 Å². The van der Waals surface area contributed by atoms with Crippen molar-refractivity contribution in [3.8, 4) is 5.75 Å². The number of hydrogen-bond acceptors (Lipinski definition) is 5. The van der Waals surface area contributed by atoms with Crippen LogP contribution in [0.15, 0.2) is 66.2 Å². The normalized spacial score (nSPS) is 30.5. The van der Waals surface area contributed by atoms with Crippen molar-refractivity contribution in [3.63, 3.8) is 0 Å². The van der Waals surface area contributed by atoms with Gasteiger partial charge in [-0.3, -0.25) is 24.1 Å². The summed E-state index contributed by atoms with van der Waals surface area (Å²) in [6.45, 7) is 0. The number of aromatic hydroxyl groups is 1. The van der Waals surface area contributed by atoms with Crippen LogP contribution in [-0.4, -0.2) is 50.4 Å². The van der Waals surface area contributed by atoms with Crippen molar-refractivity contribution in [2.75, 3.05) is 11.9 Å². The number of rotatable bonds is 2. The minimum Gasteiger partial charge on any atom is -0.507 e. The number of carbonyl (C=O) groups excluding carboxylic acids is 4. The second-order valence-electron chi connectivity index (χ2n) is 12.5. The Bertz CT molecular complexity index is 1980. The highest BCUT2D eigenvalue weighted by Gasteiger charge is 2.76. The van der Waals surface area contributed by atoms with Gasteiger partial charge in [-0.2, -0.15) is 26.3 Å². The Morgan fingerprint density at radius 1 is 0.812 bits per heavy atom. The first-order chi connectivity index (χ1) is 22.3. The lowest BCUT2D eigenvalue weighted by atomic mass is 9.56. The summed E-state index contributed by atoms with van der Waals surface area (Å²) in [6, 6.07) is 9.98. The second kappa shape index (κ2) is 10.2. The number of likely N-dealkylation sites (tertiary alicyclic amines) is 1. The zero-order valence-electron chi connectivity index (χ0n) is 24.5. The standard InChI is InChI=1S/C33H22Cl2F6N2O5/c1-42-28(47)30(34)13-22-20(25(31(30,35)29(42)48)19-8-9-23(44)18-5-3-2-4-17(18)19)6-7-21-24(22)27(46)43(26(21)45)16-11-14(32(36,37)38)10-15(12-16)33(39,40)41/h2-6,8-12,21-22,24-25,44H,7,13H2,1H3/t21-,22+,24-,25-,30+,31-/m0/s1. The number of halogens is 8. The number of fused-ring (bicyclic) bond motifs is 5. The molecule has 3 aromatic rings. The number of phenols is 1. The third kappa shape index (κ3) is 4.22. The van der Waals surface area contributed by atoms with Crippen LogP contribution in [0.25, 0.3) is 10.8 Å². The highest BCUT2D eigenvalue weighted by atomic mass is 35.5. The lowest BCUT2D eigenvalue weighted by Gasteiger charge is -2.51. The van der Waals surface area contributed by atoms with Gasteiger partial charge in [0.05, 0.1) is 28.7 Å². The Hall–Kier alpha value is -4.10. The molecule has 250 valence electrons. The van der Waals surface area contributed by atoms with E-state index in [0.717, 1.165) is 4.90 Å². The number of allylic oxidation sites excluding steroid dienone is 2. The smallest absolute Gasteiger partial charge is 0.416 e. The summed E-state index contributed by atoms with van der Waals surface area (Å²) in [5.41, 5.74) is -3.58. The molecule has 4 aliphatic rings. The van der Waals surface area contributed by atoms with Crippen molar-refractivity contribution >= 4 is 63.3 Å². The fourth-order valence-electron chi connectivity index (χ4n) is 7.97. The average molecular weight is 711 g/mol. The van der Waals surface area contributed by atoms with E-state index < -0.39 is 92.6 Å². The van der Waals surface area contributed by atoms with Crippen LogP contribution >= 0.6 is 23.2 Å². The van der Waals surface area contributed by atoms with Crippen LogP contribution in [0.2, 0.25) is 0 Å². The molecular weight excluding hydrogens is 689 g/mol. The summed E-state index contributed by atoms with van der Waals surface area (Å²) in [6.07, 6.45) is -9.49. The summed E-state index contributed by atoms with van der Waals surface area (Å²) in [5, 5.41) is 11.4. The predicted octanol–water partition coefficient (Wildman–Crippen LogP) is 6.78. The van der Waals surface area contributed by atoms with Gasteiger partial charge in [-0.05, 0) is 54.0 Å². The molecule has 15 heteroatoms. The highest BCUT2D eigenvalue weighted by Crippen LogP contribution is 2.66. The van der Waals surface area contributed by atoms with Crippen LogP contribution in [0.3, 0.4) is 0 Å². The molecule has 0 unspecified atom stereocenters. The van der Waals surface area contributed by atoms with Gasteiger partial charge in [0.1, 0.15) is 5.75 Å². The van der Waals surface area contributed by atoms with Crippen molar-refractivity contribution in [2.45, 2.75) is 40.9 Å². The van der Waals surface area contributed by atoms with Gasteiger partial charge in [0.25, 0.3) is 11.8 Å². The fourth-order valence-corrected chi connectivity index (χ4v) is 8.98. The van der Waals surface area contributed by atoms with Gasteiger partial charge in [-0.25, -0.2) is 4.90 Å². The molecule has 2 aliphatic carbocycles. The van der Waals surface area contributed by atoms with Crippen molar-refractivity contribution in [1.82, 2.24) is 4.90 Å². The molecular formula is C33H22Cl2F6N2O5. The molecule has 0 spiro atoms. The van der Waals surface area contributed by atoms with E-state index in [9.17, 15) is 50.6 Å². The van der Waals surface area contributed by atoms with Crippen molar-refractivity contribution in [3.05, 3.63) is 82.9 Å². The number of phenolic OH excluding ortho intramolecular Hbond substituents is 1. The maximum Gasteiger partial charge on any atom is 0.416 e. The van der Waals surface area contributed by atoms with Gasteiger partial charge < -0.3 is 5.11 Å². The Morgan fingerprint density at radius 2 is 1.42 bits per heavy atom. The number of alkyl halides is 8. The average Bonchev–Trinajstić information content (AvgIpc) is 3.35. The van der Waals surface area contributed by atoms with Gasteiger partial charge in [-0.15, -0.1) is 23.2 Å². The number of benzene rings is 3. The van der Waals surface area contributed by atoms with E-state index in [1.165, 1.54) is 19.2 Å². The maximum absolute atomic E-state index is 14.2. The topological polar surface area (TPSA) is 95.0 Å². The third-order valence-electron chi connectivity index (χ3n) is 10.1. The summed E-state index contributed by atoms with van der Waals surface area (Å²) in [5.74, 6) is -8.76. The molecule has 7 rings (SSSR count). The van der Waals surface area contributed by atoms with Crippen molar-refractivity contribution < 1.29 is 50.6 Å². The van der Waals surface area contributed by atoms with Crippen LogP contribution in [0.5, 0.6) is 5.75 Å². The van der Waals surface area contributed by atoms with Gasteiger partial charge in [0.15, 0.2) is 9.75 Å². The van der Waals surface area contributed by atoms with E-state index in [2.05, 4.69) is 0 Å². The molecule has 2 aliphatic heterocycles. The Labute approximate surface area is 277 Å². The zero-order valence-corrected chi connectivity index (χ0v) is 26.0. The predicted molar refractivity (Wildman–Crippen MR) is 160 cm³/mol. The summed E-state index contributed by atoms with van der Waals surface area (Å²) >= 11 is 14.3. The first-order valence-corrected chi connectivity index (χ1v) is 15.4. The molecule has 2 heterocycles. The number of nitrogens with zero attached hydrogens (tertiary/aromatic N) is 2. The Morgan fingerprint density at radius 3 is 2.02 bits per heavy atom. The maximum atomic E-state index is 14.2. The number of anilines is 1. The van der Waals surface area contributed by atoms with E-state index in [1.54, 1.807) is 30.3 Å². The molecule has 0 bridgehead atoms. The van der Waals surface area contributed by atoms with Crippen LogP contribution < -0.4 is 4.90 Å². The molecule has 3 aromatic carbocycles. The molecule has 0 radical (unpaired) electrons. The van der Waals surface area contributed by atoms with E-state index in [0.29, 0.717) is 38.9 Å². The molecule has 1 N–H and O–H groups in total. The summed E-state index contributed by atoms with van der Waals surface area (Å²) in [7, 11) is 1.20. The number of amides is 4. The minimum atomic E-state index is -5.23. The minimum absolute atomic E-state index is 0.0994. The van der Waals surface area contributed by atoms with Gasteiger partial charge in [0.2, 0.25) is 11.8 Å². The Kier molecular flexibility index (Phi) is 6.90. The lowest BCUT2D eigenvalue weighted by Crippen LogP contribution is -2.60. The lowest BCUT2D eigenvalue weighted by molar-refractivity contribution is -0.143. The molecule has 3 fully saturated rings. The summed E-state index contributed by atoms with van der Waals surface area (Å²) < 4.78 is 82.2. The number of imide groups is 2. The molecule has 7 nitrogen and oxygen atoms in total. The van der Waals surface area contributed by atoms with Crippen LogP contribution in [0.4, 0.5) is 32.0 Å². The van der Waals surface area contributed by atoms with Crippen LogP contribution in [-0.2, 0) is 31.5 Å². The monoisotopic (exact) mass is 710 g/mol. The Balaban J connectivity index is 1.41. The molecule has 2 saturated heterocycles. The first kappa shape index (κ1) is 32.4. The SMILES string of the molecule is CN1C(=O)[C@]2(Cl)C[C@@H]3C(=CC[C@@H]4C(=O)N(c5cc(C(F)(F)F)cc(C(F)(F)F)c5)C(=O)[C@@H]43)[C@H](c3ccc(O)c4ccccc34)[C@]2(Cl)C1=O. The number of carbonyl (C=O) groups is 4. The molecule has 0 aromatic heterocycles. The zero-order chi connectivity index (χ0) is 34.9. The molecule has 4 amide bonds. The first-order valence-electron chi connectivity index (χ1n) is 14.6. The van der Waals surface area contributed by atoms with E-state index in [4.69, 9.17) is 23.2 Å². The van der Waals surface area contributed by atoms with E-state index >= 15 is 0 Å². The largest absolute Gasteiger partial charge is 0.507 e.